The van der Waals surface area contributed by atoms with Crippen molar-refractivity contribution in [1.29, 1.82) is 0 Å². The fourth-order valence-electron chi connectivity index (χ4n) is 4.54. The fourth-order valence-corrected chi connectivity index (χ4v) is 6.27. The van der Waals surface area contributed by atoms with E-state index in [1.165, 1.54) is 11.8 Å². The van der Waals surface area contributed by atoms with Crippen molar-refractivity contribution in [3.63, 3.8) is 0 Å². The molecule has 1 aliphatic carbocycles. The summed E-state index contributed by atoms with van der Waals surface area (Å²) < 4.78 is 0. The number of aromatic nitrogens is 2. The van der Waals surface area contributed by atoms with Crippen molar-refractivity contribution in [3.8, 4) is 11.3 Å². The lowest BCUT2D eigenvalue weighted by Crippen LogP contribution is -2.22. The maximum absolute atomic E-state index is 13.4. The van der Waals surface area contributed by atoms with Crippen molar-refractivity contribution in [2.45, 2.75) is 31.9 Å². The van der Waals surface area contributed by atoms with Crippen molar-refractivity contribution in [2.75, 3.05) is 21.8 Å². The molecule has 2 aromatic heterocycles. The maximum atomic E-state index is 13.4. The number of nitrogens with zero attached hydrogens (tertiary/aromatic N) is 2. The Morgan fingerprint density at radius 1 is 1.28 bits per heavy atom. The Labute approximate surface area is 219 Å². The van der Waals surface area contributed by atoms with E-state index in [0.717, 1.165) is 46.1 Å². The van der Waals surface area contributed by atoms with E-state index < -0.39 is 5.91 Å². The van der Waals surface area contributed by atoms with Crippen LogP contribution in [0.2, 0.25) is 0 Å². The Morgan fingerprint density at radius 2 is 2.08 bits per heavy atom. The van der Waals surface area contributed by atoms with Crippen LogP contribution in [0.1, 0.15) is 36.3 Å². The predicted molar refractivity (Wildman–Crippen MR) is 150 cm³/mol. The summed E-state index contributed by atoms with van der Waals surface area (Å²) in [4.78, 5) is 35.5. The first-order valence-corrected chi connectivity index (χ1v) is 14.0. The van der Waals surface area contributed by atoms with Crippen LogP contribution in [0.15, 0.2) is 59.8 Å². The van der Waals surface area contributed by atoms with Crippen LogP contribution >= 0.6 is 23.5 Å². The summed E-state index contributed by atoms with van der Waals surface area (Å²) in [6.07, 6.45) is 4.89. The van der Waals surface area contributed by atoms with Crippen LogP contribution in [0.4, 0.5) is 17.2 Å². The number of ketones is 1. The minimum atomic E-state index is -0.436. The van der Waals surface area contributed by atoms with Gasteiger partial charge in [0, 0.05) is 35.8 Å². The first kappa shape index (κ1) is 24.5. The molecule has 2 aliphatic rings. The number of anilines is 3. The third kappa shape index (κ3) is 5.17. The monoisotopic (exact) mass is 519 g/mol. The number of carbonyl (C=O) groups is 2. The lowest BCUT2D eigenvalue weighted by Gasteiger charge is -2.22. The van der Waals surface area contributed by atoms with Crippen molar-refractivity contribution in [1.82, 2.24) is 9.97 Å². The van der Waals surface area contributed by atoms with E-state index >= 15 is 0 Å². The molecule has 7 nitrogen and oxygen atoms in total. The van der Waals surface area contributed by atoms with E-state index in [1.807, 2.05) is 59.1 Å². The van der Waals surface area contributed by atoms with Gasteiger partial charge in [-0.05, 0) is 47.6 Å². The van der Waals surface area contributed by atoms with Gasteiger partial charge in [0.15, 0.2) is 5.78 Å². The summed E-state index contributed by atoms with van der Waals surface area (Å²) in [5.41, 5.74) is 10.7. The molecular formula is C27H29N5O2S2. The highest BCUT2D eigenvalue weighted by molar-refractivity contribution is 8.04. The van der Waals surface area contributed by atoms with Gasteiger partial charge in [0.05, 0.1) is 27.7 Å². The minimum absolute atomic E-state index is 0.172. The second-order valence-corrected chi connectivity index (χ2v) is 11.9. The Kier molecular flexibility index (Phi) is 7.11. The quantitative estimate of drug-likeness (QED) is 0.359. The number of Topliss-reactive ketones (excluding diaryl/α,β-unsaturated/α-hetero) is 1. The molecule has 1 aliphatic heterocycles. The van der Waals surface area contributed by atoms with Crippen LogP contribution < -0.4 is 16.0 Å². The molecule has 0 spiro atoms. The summed E-state index contributed by atoms with van der Waals surface area (Å²) in [6.45, 7) is 4.38. The van der Waals surface area contributed by atoms with E-state index in [4.69, 9.17) is 5.73 Å². The van der Waals surface area contributed by atoms with Gasteiger partial charge in [0.2, 0.25) is 0 Å². The molecule has 0 saturated heterocycles. The maximum Gasteiger partial charge on any atom is 0.256 e. The molecule has 1 aromatic carbocycles. The topological polar surface area (TPSA) is 104 Å². The zero-order valence-electron chi connectivity index (χ0n) is 20.3. The van der Waals surface area contributed by atoms with Crippen LogP contribution in [-0.2, 0) is 11.2 Å². The number of aromatic amines is 1. The number of thioether (sulfide) groups is 2. The van der Waals surface area contributed by atoms with Crippen molar-refractivity contribution in [2.24, 2.45) is 11.7 Å². The summed E-state index contributed by atoms with van der Waals surface area (Å²) >= 11 is 3.30. The number of primary amides is 1. The van der Waals surface area contributed by atoms with Gasteiger partial charge in [-0.15, -0.1) is 0 Å². The average molecular weight is 520 g/mol. The Bertz CT molecular complexity index is 1320. The smallest absolute Gasteiger partial charge is 0.256 e. The normalized spacial score (nSPS) is 17.3. The second kappa shape index (κ2) is 10.4. The number of hydrogen-bond acceptors (Lipinski definition) is 7. The molecule has 0 fully saturated rings. The van der Waals surface area contributed by atoms with Gasteiger partial charge >= 0.3 is 0 Å². The van der Waals surface area contributed by atoms with Crippen molar-refractivity contribution >= 4 is 52.4 Å². The summed E-state index contributed by atoms with van der Waals surface area (Å²) in [7, 11) is 0. The first-order chi connectivity index (χ1) is 17.4. The number of benzene rings is 1. The molecule has 0 radical (unpaired) electrons. The number of H-pyrrole nitrogens is 1. The lowest BCUT2D eigenvalue weighted by molar-refractivity contribution is -0.113. The van der Waals surface area contributed by atoms with E-state index in [2.05, 4.69) is 29.1 Å². The van der Waals surface area contributed by atoms with E-state index in [9.17, 15) is 9.59 Å². The molecule has 1 unspecified atom stereocenters. The molecule has 3 heterocycles. The predicted octanol–water partition coefficient (Wildman–Crippen LogP) is 5.54. The van der Waals surface area contributed by atoms with E-state index in [-0.39, 0.29) is 5.78 Å². The van der Waals surface area contributed by atoms with E-state index in [1.54, 1.807) is 12.4 Å². The molecule has 1 amide bonds. The number of carbonyl (C=O) groups excluding carboxylic acids is 2. The molecule has 36 heavy (non-hydrogen) atoms. The highest BCUT2D eigenvalue weighted by Crippen LogP contribution is 2.41. The SMILES string of the molecule is CC(C)SCC1CC(=O)c2c([nH]c(-c3ccnc(N4C=C(C(N)=O)SC4)c3)c2Nc2ccccc2)C1. The zero-order valence-corrected chi connectivity index (χ0v) is 21.9. The molecule has 0 bridgehead atoms. The van der Waals surface area contributed by atoms with Crippen LogP contribution in [0.25, 0.3) is 11.3 Å². The van der Waals surface area contributed by atoms with Gasteiger partial charge in [-0.25, -0.2) is 4.98 Å². The molecule has 1 atom stereocenters. The largest absolute Gasteiger partial charge is 0.365 e. The molecular weight excluding hydrogens is 490 g/mol. The standard InChI is InChI=1S/C27H29N5O2S2/c1-16(2)35-14-17-10-20-24(21(33)11-17)26(30-19-6-4-3-5-7-19)25(31-20)18-8-9-29-23(12-18)32-13-22(27(28)34)36-15-32/h3-9,12-13,16-17,30-31H,10-11,14-15H2,1-2H3,(H2,28,34). The number of amides is 1. The van der Waals surface area contributed by atoms with Crippen molar-refractivity contribution in [3.05, 3.63) is 71.0 Å². The van der Waals surface area contributed by atoms with Gasteiger partial charge in [0.25, 0.3) is 5.91 Å². The van der Waals surface area contributed by atoms with Crippen LogP contribution in [0.3, 0.4) is 0 Å². The fraction of sp³-hybridized carbons (Fsp3) is 0.296. The van der Waals surface area contributed by atoms with Crippen LogP contribution in [0.5, 0.6) is 0 Å². The Morgan fingerprint density at radius 3 is 2.81 bits per heavy atom. The average Bonchev–Trinajstić information content (AvgIpc) is 3.50. The molecule has 0 saturated carbocycles. The number of rotatable bonds is 8. The highest BCUT2D eigenvalue weighted by atomic mass is 32.2. The second-order valence-electron chi connectivity index (χ2n) is 9.30. The number of pyridine rings is 1. The number of nitrogens with two attached hydrogens (primary N) is 1. The van der Waals surface area contributed by atoms with E-state index in [0.29, 0.717) is 34.2 Å². The third-order valence-corrected chi connectivity index (χ3v) is 8.59. The molecule has 5 rings (SSSR count). The Balaban J connectivity index is 1.53. The summed E-state index contributed by atoms with van der Waals surface area (Å²) in [5.74, 6) is 2.31. The summed E-state index contributed by atoms with van der Waals surface area (Å²) in [6, 6.07) is 13.8. The van der Waals surface area contributed by atoms with Gasteiger partial charge in [-0.3, -0.25) is 9.59 Å². The van der Waals surface area contributed by atoms with Gasteiger partial charge in [-0.1, -0.05) is 43.8 Å². The number of fused-ring (bicyclic) bond motifs is 1. The molecule has 4 N–H and O–H groups in total. The first-order valence-electron chi connectivity index (χ1n) is 12.0. The zero-order chi connectivity index (χ0) is 25.2. The van der Waals surface area contributed by atoms with Gasteiger partial charge in [-0.2, -0.15) is 11.8 Å². The molecule has 186 valence electrons. The Hall–Kier alpha value is -3.17. The van der Waals surface area contributed by atoms with Gasteiger partial charge < -0.3 is 20.9 Å². The van der Waals surface area contributed by atoms with Gasteiger partial charge in [0.1, 0.15) is 5.82 Å². The number of hydrogen-bond donors (Lipinski definition) is 3. The lowest BCUT2D eigenvalue weighted by atomic mass is 9.87. The van der Waals surface area contributed by atoms with Crippen LogP contribution in [0, 0.1) is 5.92 Å². The number of para-hydroxylation sites is 1. The van der Waals surface area contributed by atoms with Crippen LogP contribution in [-0.4, -0.2) is 38.5 Å². The number of nitrogens with one attached hydrogen (secondary N) is 2. The minimum Gasteiger partial charge on any atom is -0.365 e. The van der Waals surface area contributed by atoms with Crippen molar-refractivity contribution < 1.29 is 9.59 Å². The molecule has 9 heteroatoms. The highest BCUT2D eigenvalue weighted by Gasteiger charge is 2.32. The molecule has 3 aromatic rings. The third-order valence-electron chi connectivity index (χ3n) is 6.24. The summed E-state index contributed by atoms with van der Waals surface area (Å²) in [5, 5.41) is 4.06.